The lowest BCUT2D eigenvalue weighted by Gasteiger charge is -2.47. The molecule has 0 amide bonds. The number of rotatable bonds is 3. The Labute approximate surface area is 295 Å². The monoisotopic (exact) mass is 698 g/mol. The third kappa shape index (κ3) is 6.00. The van der Waals surface area contributed by atoms with Crippen LogP contribution in [0.2, 0.25) is 0 Å². The summed E-state index contributed by atoms with van der Waals surface area (Å²) in [6.45, 7) is 11.1. The van der Waals surface area contributed by atoms with E-state index in [1.165, 1.54) is 0 Å². The Balaban J connectivity index is 0.996. The molecule has 10 heterocycles. The topological polar surface area (TPSA) is 117 Å². The first-order chi connectivity index (χ1) is 24.2. The summed E-state index contributed by atoms with van der Waals surface area (Å²) in [6.07, 6.45) is 6.39. The molecule has 10 saturated heterocycles. The van der Waals surface area contributed by atoms with Gasteiger partial charge in [-0.15, -0.1) is 0 Å². The fourth-order valence-electron chi connectivity index (χ4n) is 11.0. The molecule has 0 aromatic carbocycles. The van der Waals surface area contributed by atoms with Crippen LogP contribution in [0.4, 0.5) is 0 Å². The van der Waals surface area contributed by atoms with E-state index < -0.39 is 11.9 Å². The summed E-state index contributed by atoms with van der Waals surface area (Å²) < 4.78 is 59.6. The number of methoxy groups -OCH3 is 1. The maximum absolute atomic E-state index is 13.9. The lowest BCUT2D eigenvalue weighted by molar-refractivity contribution is -0.292. The number of carbonyl (C=O) groups is 2. The van der Waals surface area contributed by atoms with Gasteiger partial charge in [-0.2, -0.15) is 0 Å². The van der Waals surface area contributed by atoms with Crippen molar-refractivity contribution in [2.75, 3.05) is 7.11 Å². The number of fused-ring (bicyclic) bond motifs is 6. The van der Waals surface area contributed by atoms with Gasteiger partial charge in [-0.1, -0.05) is 20.1 Å². The van der Waals surface area contributed by atoms with E-state index in [1.54, 1.807) is 7.11 Å². The number of Topliss-reactive ketones (excluding diaryl/α,β-unsaturated/α-hetero) is 1. The van der Waals surface area contributed by atoms with Crippen molar-refractivity contribution in [3.8, 4) is 0 Å². The molecule has 11 heteroatoms. The third-order valence-corrected chi connectivity index (χ3v) is 13.5. The van der Waals surface area contributed by atoms with Crippen LogP contribution in [0.25, 0.3) is 0 Å². The number of hydrogen-bond donors (Lipinski definition) is 0. The van der Waals surface area contributed by atoms with Crippen molar-refractivity contribution in [3.63, 3.8) is 0 Å². The normalized spacial score (nSPS) is 53.2. The molecule has 0 aliphatic carbocycles. The van der Waals surface area contributed by atoms with Crippen molar-refractivity contribution < 1.29 is 52.2 Å². The van der Waals surface area contributed by atoms with Crippen LogP contribution in [0.5, 0.6) is 0 Å². The number of ketones is 1. The average molecular weight is 699 g/mol. The number of carbonyl (C=O) groups excluding carboxylic acids is 2. The van der Waals surface area contributed by atoms with Gasteiger partial charge in [0.25, 0.3) is 0 Å². The molecule has 0 radical (unpaired) electrons. The van der Waals surface area contributed by atoms with E-state index in [2.05, 4.69) is 20.1 Å². The van der Waals surface area contributed by atoms with Crippen LogP contribution in [0.3, 0.4) is 0 Å². The van der Waals surface area contributed by atoms with E-state index in [1.807, 2.05) is 0 Å². The molecule has 10 rings (SSSR count). The van der Waals surface area contributed by atoms with Gasteiger partial charge < -0.3 is 47.4 Å². The number of ether oxygens (including phenoxy) is 9. The largest absolute Gasteiger partial charge is 0.378 e. The van der Waals surface area contributed by atoms with Crippen LogP contribution < -0.4 is 0 Å². The summed E-state index contributed by atoms with van der Waals surface area (Å²) in [4.78, 5) is 25.6. The molecule has 0 aromatic rings. The molecule has 18 atom stereocenters. The smallest absolute Gasteiger partial charge is 0.172 e. The summed E-state index contributed by atoms with van der Waals surface area (Å²) in [5.74, 6) is -0.608. The van der Waals surface area contributed by atoms with Gasteiger partial charge >= 0.3 is 0 Å². The molecule has 11 nitrogen and oxygen atoms in total. The summed E-state index contributed by atoms with van der Waals surface area (Å²) >= 11 is 0. The van der Waals surface area contributed by atoms with Gasteiger partial charge in [0.2, 0.25) is 0 Å². The molecule has 10 aliphatic heterocycles. The maximum Gasteiger partial charge on any atom is 0.172 e. The minimum Gasteiger partial charge on any atom is -0.378 e. The Hall–Kier alpha value is -1.54. The van der Waals surface area contributed by atoms with Crippen LogP contribution >= 0.6 is 0 Å². The van der Waals surface area contributed by atoms with E-state index in [-0.39, 0.29) is 122 Å². The molecule has 10 aliphatic rings. The molecule has 50 heavy (non-hydrogen) atoms. The van der Waals surface area contributed by atoms with Gasteiger partial charge in [0.05, 0.1) is 61.0 Å². The third-order valence-electron chi connectivity index (χ3n) is 13.5. The summed E-state index contributed by atoms with van der Waals surface area (Å²) in [6, 6.07) is 0. The van der Waals surface area contributed by atoms with Crippen LogP contribution in [0, 0.1) is 11.8 Å². The first-order valence-electron chi connectivity index (χ1n) is 19.3. The maximum atomic E-state index is 13.9. The van der Waals surface area contributed by atoms with E-state index in [0.29, 0.717) is 19.3 Å². The molecule has 10 fully saturated rings. The zero-order valence-electron chi connectivity index (χ0n) is 29.5. The van der Waals surface area contributed by atoms with Crippen molar-refractivity contribution in [2.24, 2.45) is 11.8 Å². The van der Waals surface area contributed by atoms with Gasteiger partial charge in [-0.05, 0) is 62.0 Å². The molecular formula is C39H54O11. The zero-order valence-corrected chi connectivity index (χ0v) is 29.5. The molecule has 3 unspecified atom stereocenters. The molecule has 276 valence electrons. The zero-order chi connectivity index (χ0) is 34.3. The first-order valence-corrected chi connectivity index (χ1v) is 19.3. The van der Waals surface area contributed by atoms with E-state index in [4.69, 9.17) is 42.6 Å². The van der Waals surface area contributed by atoms with Crippen molar-refractivity contribution in [2.45, 2.75) is 188 Å². The lowest BCUT2D eigenvalue weighted by Crippen LogP contribution is -2.61. The molecule has 0 aromatic heterocycles. The lowest BCUT2D eigenvalue weighted by atomic mass is 9.81. The SMILES string of the molecule is C=C1CC2CC[C@@]34CC5O[C@H]6[C@@H](O3)[C@H]3O[C@H](CC[C@@H]3O[C@H]6[C@H]5O4)CC(=O)CC3[C@H](C[C@H]4O[C@@H](CC[C@@H]1O2)C[C@@H](C)C4=C)O[C@H](CC=O)[C@@H]3OC. The van der Waals surface area contributed by atoms with Gasteiger partial charge in [0.1, 0.15) is 42.6 Å². The quantitative estimate of drug-likeness (QED) is 0.310. The minimum absolute atomic E-state index is 0.0117. The van der Waals surface area contributed by atoms with E-state index in [9.17, 15) is 9.59 Å². The fraction of sp³-hybridized carbons (Fsp3) is 0.846. The Morgan fingerprint density at radius 1 is 0.760 bits per heavy atom. The predicted molar refractivity (Wildman–Crippen MR) is 177 cm³/mol. The predicted octanol–water partition coefficient (Wildman–Crippen LogP) is 4.32. The molecule has 12 bridgehead atoms. The Morgan fingerprint density at radius 3 is 2.36 bits per heavy atom. The van der Waals surface area contributed by atoms with E-state index in [0.717, 1.165) is 62.4 Å². The van der Waals surface area contributed by atoms with Crippen molar-refractivity contribution in [1.29, 1.82) is 0 Å². The number of aldehydes is 1. The van der Waals surface area contributed by atoms with Crippen molar-refractivity contribution >= 4 is 12.1 Å². The summed E-state index contributed by atoms with van der Waals surface area (Å²) in [5.41, 5.74) is 2.20. The highest BCUT2D eigenvalue weighted by molar-refractivity contribution is 5.79. The van der Waals surface area contributed by atoms with Gasteiger partial charge in [0, 0.05) is 51.6 Å². The standard InChI is InChI=1S/C39H54O11/c1-19-13-23-5-7-27-20(2)14-25(43-27)9-11-39-18-32-35(49-39)36-37(48-32)38(50-39)34-28(47-36)8-6-24(45-34)15-22(41)16-26-31(17-30(44-23)21(19)3)46-29(10-12-40)33(26)42-4/h12,19,23-38H,2-3,5-11,13-18H2,1,4H3/t19-,23+,24-,25?,26?,27+,28+,29-,30-,31+,32?,33-,34+,35+,36+,37-,38+,39+/m1/s1. The van der Waals surface area contributed by atoms with Crippen LogP contribution in [0.15, 0.2) is 24.3 Å². The average Bonchev–Trinajstić information content (AvgIpc) is 3.76. The highest BCUT2D eigenvalue weighted by Crippen LogP contribution is 2.54. The fourth-order valence-corrected chi connectivity index (χ4v) is 11.0. The minimum atomic E-state index is -0.776. The van der Waals surface area contributed by atoms with Gasteiger partial charge in [0.15, 0.2) is 5.79 Å². The molecule has 1 spiro atoms. The van der Waals surface area contributed by atoms with Crippen LogP contribution in [-0.4, -0.2) is 117 Å². The van der Waals surface area contributed by atoms with E-state index >= 15 is 0 Å². The van der Waals surface area contributed by atoms with Crippen LogP contribution in [0.1, 0.15) is 90.4 Å². The first kappa shape index (κ1) is 34.2. The Morgan fingerprint density at radius 2 is 1.52 bits per heavy atom. The van der Waals surface area contributed by atoms with Crippen LogP contribution in [-0.2, 0) is 52.2 Å². The Kier molecular flexibility index (Phi) is 9.17. The summed E-state index contributed by atoms with van der Waals surface area (Å²) in [5, 5.41) is 0. The highest BCUT2D eigenvalue weighted by atomic mass is 16.8. The molecular weight excluding hydrogens is 644 g/mol. The second-order valence-corrected chi connectivity index (χ2v) is 16.7. The summed E-state index contributed by atoms with van der Waals surface area (Å²) in [7, 11) is 1.64. The Bertz CT molecular complexity index is 1350. The highest BCUT2D eigenvalue weighted by Gasteiger charge is 2.68. The van der Waals surface area contributed by atoms with Crippen molar-refractivity contribution in [3.05, 3.63) is 24.3 Å². The second kappa shape index (κ2) is 13.4. The van der Waals surface area contributed by atoms with Gasteiger partial charge in [-0.25, -0.2) is 0 Å². The molecule has 0 N–H and O–H groups in total. The van der Waals surface area contributed by atoms with Crippen molar-refractivity contribution in [1.82, 2.24) is 0 Å². The molecule has 0 saturated carbocycles. The van der Waals surface area contributed by atoms with Gasteiger partial charge in [-0.3, -0.25) is 4.79 Å². The number of hydrogen-bond acceptors (Lipinski definition) is 11. The second-order valence-electron chi connectivity index (χ2n) is 16.7.